The number of nitrogens with zero attached hydrogens (tertiary/aromatic N) is 1. The molecule has 0 bridgehead atoms. The first-order valence-corrected chi connectivity index (χ1v) is 7.80. The number of nitriles is 1. The number of benzene rings is 1. The van der Waals surface area contributed by atoms with Crippen LogP contribution in [0.5, 0.6) is 5.75 Å². The van der Waals surface area contributed by atoms with E-state index < -0.39 is 6.04 Å². The number of anilines is 1. The standard InChI is InChI=1S/C13H10Br2N2OS/c1-18-11-5-3-2-4-9(11)17-10(7-16)12-6-8(14)13(15)19-12/h2-6,10,17H,1H3. The number of methoxy groups -OCH3 is 1. The molecule has 0 fully saturated rings. The quantitative estimate of drug-likeness (QED) is 0.787. The number of halogens is 2. The molecule has 1 atom stereocenters. The summed E-state index contributed by atoms with van der Waals surface area (Å²) >= 11 is 8.39. The van der Waals surface area contributed by atoms with Crippen molar-refractivity contribution in [1.82, 2.24) is 0 Å². The van der Waals surface area contributed by atoms with Crippen LogP contribution in [0.15, 0.2) is 38.6 Å². The largest absolute Gasteiger partial charge is 0.495 e. The van der Waals surface area contributed by atoms with Gasteiger partial charge in [-0.3, -0.25) is 0 Å². The van der Waals surface area contributed by atoms with Crippen LogP contribution in [0.25, 0.3) is 0 Å². The predicted octanol–water partition coefficient (Wildman–Crippen LogP) is 4.96. The van der Waals surface area contributed by atoms with Crippen molar-refractivity contribution in [2.75, 3.05) is 12.4 Å². The lowest BCUT2D eigenvalue weighted by Crippen LogP contribution is -2.07. The van der Waals surface area contributed by atoms with Gasteiger partial charge in [0.15, 0.2) is 0 Å². The number of nitrogens with one attached hydrogen (secondary N) is 1. The van der Waals surface area contributed by atoms with E-state index in [0.717, 1.165) is 24.6 Å². The summed E-state index contributed by atoms with van der Waals surface area (Å²) < 4.78 is 7.20. The summed E-state index contributed by atoms with van der Waals surface area (Å²) in [7, 11) is 1.61. The third kappa shape index (κ3) is 3.30. The smallest absolute Gasteiger partial charge is 0.149 e. The van der Waals surface area contributed by atoms with Gasteiger partial charge < -0.3 is 10.1 Å². The lowest BCUT2D eigenvalue weighted by Gasteiger charge is -2.14. The minimum atomic E-state index is -0.413. The van der Waals surface area contributed by atoms with E-state index in [9.17, 15) is 5.26 Å². The molecule has 0 spiro atoms. The third-order valence-corrected chi connectivity index (χ3v) is 5.81. The maximum Gasteiger partial charge on any atom is 0.149 e. The Balaban J connectivity index is 2.27. The van der Waals surface area contributed by atoms with Gasteiger partial charge in [-0.1, -0.05) is 12.1 Å². The van der Waals surface area contributed by atoms with E-state index in [1.54, 1.807) is 7.11 Å². The Bertz CT molecular complexity index is 602. The van der Waals surface area contributed by atoms with Crippen molar-refractivity contribution in [1.29, 1.82) is 5.26 Å². The predicted molar refractivity (Wildman–Crippen MR) is 84.7 cm³/mol. The molecule has 0 saturated heterocycles. The summed E-state index contributed by atoms with van der Waals surface area (Å²) in [5.74, 6) is 0.720. The lowest BCUT2D eigenvalue weighted by atomic mass is 10.2. The molecule has 1 heterocycles. The van der Waals surface area contributed by atoms with E-state index in [2.05, 4.69) is 43.2 Å². The lowest BCUT2D eigenvalue weighted by molar-refractivity contribution is 0.416. The van der Waals surface area contributed by atoms with Gasteiger partial charge in [-0.15, -0.1) is 11.3 Å². The fourth-order valence-corrected chi connectivity index (χ4v) is 3.68. The monoisotopic (exact) mass is 400 g/mol. The van der Waals surface area contributed by atoms with Gasteiger partial charge >= 0.3 is 0 Å². The Morgan fingerprint density at radius 3 is 2.68 bits per heavy atom. The third-order valence-electron chi connectivity index (χ3n) is 2.48. The summed E-state index contributed by atoms with van der Waals surface area (Å²) in [5, 5.41) is 12.5. The number of thiophene rings is 1. The van der Waals surface area contributed by atoms with Crippen LogP contribution in [0.4, 0.5) is 5.69 Å². The van der Waals surface area contributed by atoms with Crippen molar-refractivity contribution in [3.05, 3.63) is 43.5 Å². The summed E-state index contributed by atoms with van der Waals surface area (Å²) in [6.07, 6.45) is 0. The highest BCUT2D eigenvalue weighted by Gasteiger charge is 2.16. The van der Waals surface area contributed by atoms with Gasteiger partial charge in [0.1, 0.15) is 11.8 Å². The minimum Gasteiger partial charge on any atom is -0.495 e. The van der Waals surface area contributed by atoms with E-state index in [1.807, 2.05) is 30.3 Å². The summed E-state index contributed by atoms with van der Waals surface area (Å²) in [4.78, 5) is 0.937. The van der Waals surface area contributed by atoms with E-state index in [1.165, 1.54) is 11.3 Å². The van der Waals surface area contributed by atoms with Crippen molar-refractivity contribution in [2.24, 2.45) is 0 Å². The van der Waals surface area contributed by atoms with Gasteiger partial charge in [0.2, 0.25) is 0 Å². The van der Waals surface area contributed by atoms with Gasteiger partial charge in [-0.25, -0.2) is 0 Å². The van der Waals surface area contributed by atoms with Crippen LogP contribution in [0, 0.1) is 11.3 Å². The Morgan fingerprint density at radius 1 is 1.37 bits per heavy atom. The highest BCUT2D eigenvalue weighted by Crippen LogP contribution is 2.37. The molecule has 3 nitrogen and oxygen atoms in total. The van der Waals surface area contributed by atoms with Gasteiger partial charge in [-0.2, -0.15) is 5.26 Å². The molecule has 19 heavy (non-hydrogen) atoms. The molecule has 98 valence electrons. The molecule has 0 aliphatic heterocycles. The maximum atomic E-state index is 9.33. The van der Waals surface area contributed by atoms with Gasteiger partial charge in [-0.05, 0) is 50.1 Å². The average molecular weight is 402 g/mol. The Morgan fingerprint density at radius 2 is 2.11 bits per heavy atom. The maximum absolute atomic E-state index is 9.33. The van der Waals surface area contributed by atoms with Crippen LogP contribution in [-0.4, -0.2) is 7.11 Å². The molecule has 0 amide bonds. The topological polar surface area (TPSA) is 45.0 Å². The zero-order chi connectivity index (χ0) is 13.8. The number of hydrogen-bond donors (Lipinski definition) is 1. The molecule has 2 aromatic rings. The fourth-order valence-electron chi connectivity index (χ4n) is 1.59. The number of para-hydroxylation sites is 2. The molecule has 0 saturated carbocycles. The minimum absolute atomic E-state index is 0.413. The fraction of sp³-hybridized carbons (Fsp3) is 0.154. The number of hydrogen-bond acceptors (Lipinski definition) is 4. The second-order valence-corrected chi connectivity index (χ2v) is 6.93. The molecule has 1 aromatic heterocycles. The molecule has 1 aromatic carbocycles. The Kier molecular flexibility index (Phi) is 4.86. The first kappa shape index (κ1) is 14.4. The van der Waals surface area contributed by atoms with Crippen molar-refractivity contribution in [3.8, 4) is 11.8 Å². The van der Waals surface area contributed by atoms with Crippen molar-refractivity contribution in [3.63, 3.8) is 0 Å². The molecule has 0 aliphatic carbocycles. The molecule has 0 radical (unpaired) electrons. The zero-order valence-electron chi connectivity index (χ0n) is 9.98. The van der Waals surface area contributed by atoms with E-state index in [0.29, 0.717) is 0 Å². The van der Waals surface area contributed by atoms with Crippen LogP contribution in [0.2, 0.25) is 0 Å². The highest BCUT2D eigenvalue weighted by molar-refractivity contribution is 9.13. The zero-order valence-corrected chi connectivity index (χ0v) is 14.0. The van der Waals surface area contributed by atoms with Crippen molar-refractivity contribution in [2.45, 2.75) is 6.04 Å². The Hall–Kier alpha value is -1.03. The Labute approximate surface area is 132 Å². The van der Waals surface area contributed by atoms with E-state index in [4.69, 9.17) is 4.74 Å². The van der Waals surface area contributed by atoms with Gasteiger partial charge in [0.05, 0.1) is 22.7 Å². The molecule has 0 aliphatic rings. The highest BCUT2D eigenvalue weighted by atomic mass is 79.9. The van der Waals surface area contributed by atoms with E-state index in [-0.39, 0.29) is 0 Å². The van der Waals surface area contributed by atoms with Crippen molar-refractivity contribution >= 4 is 48.9 Å². The first-order valence-electron chi connectivity index (χ1n) is 5.39. The average Bonchev–Trinajstić information content (AvgIpc) is 2.76. The second-order valence-electron chi connectivity index (χ2n) is 3.68. The molecule has 1 N–H and O–H groups in total. The molecular formula is C13H10Br2N2OS. The normalized spacial score (nSPS) is 11.7. The number of ether oxygens (including phenoxy) is 1. The van der Waals surface area contributed by atoms with Crippen molar-refractivity contribution < 1.29 is 4.74 Å². The number of rotatable bonds is 4. The van der Waals surface area contributed by atoms with Crippen LogP contribution < -0.4 is 10.1 Å². The molecule has 1 unspecified atom stereocenters. The summed E-state index contributed by atoms with van der Waals surface area (Å²) in [5.41, 5.74) is 0.803. The molecule has 2 rings (SSSR count). The van der Waals surface area contributed by atoms with Crippen LogP contribution in [0.1, 0.15) is 10.9 Å². The van der Waals surface area contributed by atoms with Crippen LogP contribution in [-0.2, 0) is 0 Å². The first-order chi connectivity index (χ1) is 9.15. The molecule has 6 heteroatoms. The molecular weight excluding hydrogens is 392 g/mol. The van der Waals surface area contributed by atoms with E-state index >= 15 is 0 Å². The van der Waals surface area contributed by atoms with Crippen LogP contribution >= 0.6 is 43.2 Å². The summed E-state index contributed by atoms with van der Waals surface area (Å²) in [6, 6.07) is 11.3. The van der Waals surface area contributed by atoms with Crippen LogP contribution in [0.3, 0.4) is 0 Å². The summed E-state index contributed by atoms with van der Waals surface area (Å²) in [6.45, 7) is 0. The SMILES string of the molecule is COc1ccccc1NC(C#N)c1cc(Br)c(Br)s1. The second kappa shape index (κ2) is 6.42. The van der Waals surface area contributed by atoms with Gasteiger partial charge in [0.25, 0.3) is 0 Å². The van der Waals surface area contributed by atoms with Gasteiger partial charge in [0, 0.05) is 9.35 Å².